The SMILES string of the molecule is CCCCCCCC(C)(CCCC)c1nc(C(C)(CCCCCC)CCCCCC)c2ncccc2n1. The second-order valence-electron chi connectivity index (χ2n) is 12.3. The third kappa shape index (κ3) is 9.95. The van der Waals surface area contributed by atoms with E-state index in [4.69, 9.17) is 15.0 Å². The molecule has 37 heavy (non-hydrogen) atoms. The second kappa shape index (κ2) is 17.2. The summed E-state index contributed by atoms with van der Waals surface area (Å²) in [5.74, 6) is 1.08. The Hall–Kier alpha value is -1.51. The third-order valence-corrected chi connectivity index (χ3v) is 8.64. The number of aromatic nitrogens is 3. The van der Waals surface area contributed by atoms with Gasteiger partial charge in [-0.1, -0.05) is 138 Å². The van der Waals surface area contributed by atoms with Gasteiger partial charge in [0.1, 0.15) is 11.3 Å². The van der Waals surface area contributed by atoms with Gasteiger partial charge in [0.2, 0.25) is 0 Å². The van der Waals surface area contributed by atoms with Gasteiger partial charge in [-0.2, -0.15) is 0 Å². The van der Waals surface area contributed by atoms with Gasteiger partial charge in [0.05, 0.1) is 11.2 Å². The minimum Gasteiger partial charge on any atom is -0.253 e. The molecule has 0 aliphatic rings. The van der Waals surface area contributed by atoms with E-state index in [2.05, 4.69) is 53.7 Å². The molecule has 1 unspecified atom stereocenters. The fraction of sp³-hybridized carbons (Fsp3) is 0.794. The lowest BCUT2D eigenvalue weighted by Crippen LogP contribution is -2.30. The highest BCUT2D eigenvalue weighted by Gasteiger charge is 2.35. The normalized spacial score (nSPS) is 13.8. The van der Waals surface area contributed by atoms with Crippen LogP contribution >= 0.6 is 0 Å². The van der Waals surface area contributed by atoms with Crippen molar-refractivity contribution in [1.82, 2.24) is 15.0 Å². The minimum absolute atomic E-state index is 0.0341. The lowest BCUT2D eigenvalue weighted by Gasteiger charge is -2.33. The molecule has 2 heterocycles. The fourth-order valence-electron chi connectivity index (χ4n) is 5.94. The van der Waals surface area contributed by atoms with Crippen LogP contribution in [0.2, 0.25) is 0 Å². The molecule has 0 spiro atoms. The minimum atomic E-state index is 0.0341. The number of rotatable bonds is 21. The van der Waals surface area contributed by atoms with E-state index >= 15 is 0 Å². The summed E-state index contributed by atoms with van der Waals surface area (Å²) in [6.07, 6.45) is 26.1. The maximum atomic E-state index is 5.54. The maximum absolute atomic E-state index is 5.54. The lowest BCUT2D eigenvalue weighted by atomic mass is 9.75. The van der Waals surface area contributed by atoms with E-state index in [9.17, 15) is 0 Å². The van der Waals surface area contributed by atoms with Crippen molar-refractivity contribution in [3.8, 4) is 0 Å². The Morgan fingerprint density at radius 3 is 1.62 bits per heavy atom. The molecule has 0 radical (unpaired) electrons. The summed E-state index contributed by atoms with van der Waals surface area (Å²) in [5, 5.41) is 0. The van der Waals surface area contributed by atoms with Crippen LogP contribution in [-0.2, 0) is 10.8 Å². The molecule has 210 valence electrons. The summed E-state index contributed by atoms with van der Waals surface area (Å²) in [6, 6.07) is 4.23. The summed E-state index contributed by atoms with van der Waals surface area (Å²) in [7, 11) is 0. The van der Waals surface area contributed by atoms with E-state index in [0.717, 1.165) is 16.9 Å². The molecule has 1 atom stereocenters. The zero-order chi connectivity index (χ0) is 27.0. The largest absolute Gasteiger partial charge is 0.253 e. The van der Waals surface area contributed by atoms with Crippen LogP contribution in [0.15, 0.2) is 18.3 Å². The van der Waals surface area contributed by atoms with Crippen molar-refractivity contribution in [2.75, 3.05) is 0 Å². The van der Waals surface area contributed by atoms with E-state index in [-0.39, 0.29) is 10.8 Å². The van der Waals surface area contributed by atoms with Gasteiger partial charge >= 0.3 is 0 Å². The van der Waals surface area contributed by atoms with Crippen molar-refractivity contribution < 1.29 is 0 Å². The Balaban J connectivity index is 2.49. The average Bonchev–Trinajstić information content (AvgIpc) is 2.91. The van der Waals surface area contributed by atoms with Gasteiger partial charge in [-0.3, -0.25) is 4.98 Å². The Bertz CT molecular complexity index is 864. The fourth-order valence-corrected chi connectivity index (χ4v) is 5.94. The van der Waals surface area contributed by atoms with E-state index in [1.807, 2.05) is 6.20 Å². The van der Waals surface area contributed by atoms with Crippen LogP contribution in [0, 0.1) is 0 Å². The summed E-state index contributed by atoms with van der Waals surface area (Å²) >= 11 is 0. The van der Waals surface area contributed by atoms with E-state index in [0.29, 0.717) is 0 Å². The van der Waals surface area contributed by atoms with Crippen molar-refractivity contribution in [3.05, 3.63) is 29.8 Å². The Labute approximate surface area is 230 Å². The summed E-state index contributed by atoms with van der Waals surface area (Å²) < 4.78 is 0. The maximum Gasteiger partial charge on any atom is 0.135 e. The number of pyridine rings is 1. The molecule has 0 N–H and O–H groups in total. The first-order chi connectivity index (χ1) is 17.9. The second-order valence-corrected chi connectivity index (χ2v) is 12.3. The molecule has 0 amide bonds. The summed E-state index contributed by atoms with van der Waals surface area (Å²) in [5.41, 5.74) is 3.41. The molecule has 0 aromatic carbocycles. The number of nitrogens with zero attached hydrogens (tertiary/aromatic N) is 3. The molecule has 2 aromatic rings. The molecule has 2 rings (SSSR count). The predicted molar refractivity (Wildman–Crippen MR) is 162 cm³/mol. The molecule has 0 aliphatic heterocycles. The van der Waals surface area contributed by atoms with Crippen molar-refractivity contribution in [2.45, 2.75) is 174 Å². The first-order valence-electron chi connectivity index (χ1n) is 16.1. The quantitative estimate of drug-likeness (QED) is 0.157. The van der Waals surface area contributed by atoms with Gasteiger partial charge in [-0.25, -0.2) is 9.97 Å². The van der Waals surface area contributed by atoms with Gasteiger partial charge in [-0.05, 0) is 37.8 Å². The van der Waals surface area contributed by atoms with Crippen LogP contribution < -0.4 is 0 Å². The lowest BCUT2D eigenvalue weighted by molar-refractivity contribution is 0.333. The Morgan fingerprint density at radius 1 is 0.568 bits per heavy atom. The monoisotopic (exact) mass is 509 g/mol. The molecule has 3 nitrogen and oxygen atoms in total. The molecule has 0 saturated heterocycles. The zero-order valence-electron chi connectivity index (χ0n) is 25.5. The van der Waals surface area contributed by atoms with Crippen LogP contribution in [0.25, 0.3) is 11.0 Å². The van der Waals surface area contributed by atoms with Gasteiger partial charge in [0.25, 0.3) is 0 Å². The van der Waals surface area contributed by atoms with Crippen molar-refractivity contribution in [1.29, 1.82) is 0 Å². The number of hydrogen-bond donors (Lipinski definition) is 0. The van der Waals surface area contributed by atoms with Crippen molar-refractivity contribution >= 4 is 11.0 Å². The molecular weight excluding hydrogens is 450 g/mol. The Morgan fingerprint density at radius 2 is 1.05 bits per heavy atom. The van der Waals surface area contributed by atoms with E-state index in [1.54, 1.807) is 0 Å². The molecule has 2 aromatic heterocycles. The van der Waals surface area contributed by atoms with Crippen LogP contribution in [0.5, 0.6) is 0 Å². The molecular formula is C34H59N3. The number of unbranched alkanes of at least 4 members (excludes halogenated alkanes) is 11. The smallest absolute Gasteiger partial charge is 0.135 e. The predicted octanol–water partition coefficient (Wildman–Crippen LogP) is 11.0. The molecule has 0 fully saturated rings. The summed E-state index contributed by atoms with van der Waals surface area (Å²) in [4.78, 5) is 15.7. The van der Waals surface area contributed by atoms with Gasteiger partial charge < -0.3 is 0 Å². The first-order valence-corrected chi connectivity index (χ1v) is 16.1. The van der Waals surface area contributed by atoms with Crippen molar-refractivity contribution in [3.63, 3.8) is 0 Å². The highest BCUT2D eigenvalue weighted by molar-refractivity contribution is 5.77. The van der Waals surface area contributed by atoms with Gasteiger partial charge in [0, 0.05) is 17.0 Å². The van der Waals surface area contributed by atoms with Gasteiger partial charge in [-0.15, -0.1) is 0 Å². The molecule has 0 bridgehead atoms. The summed E-state index contributed by atoms with van der Waals surface area (Å²) in [6.45, 7) is 14.1. The molecule has 0 aliphatic carbocycles. The van der Waals surface area contributed by atoms with Crippen LogP contribution in [0.1, 0.15) is 175 Å². The molecule has 3 heteroatoms. The number of hydrogen-bond acceptors (Lipinski definition) is 3. The standard InChI is InChI=1S/C34H59N3/c1-7-11-15-18-21-27-34(6,24-14-10-4)32-36-29-23-22-28-35-30(29)31(37-32)33(5,25-19-16-12-8-2)26-20-17-13-9-3/h22-23,28H,7-21,24-27H2,1-6H3. The Kier molecular flexibility index (Phi) is 14.7. The van der Waals surface area contributed by atoms with Crippen LogP contribution in [0.4, 0.5) is 0 Å². The van der Waals surface area contributed by atoms with Crippen molar-refractivity contribution in [2.24, 2.45) is 0 Å². The first kappa shape index (κ1) is 31.7. The average molecular weight is 510 g/mol. The van der Waals surface area contributed by atoms with Gasteiger partial charge in [0.15, 0.2) is 0 Å². The van der Waals surface area contributed by atoms with E-state index < -0.39 is 0 Å². The highest BCUT2D eigenvalue weighted by atomic mass is 14.9. The highest BCUT2D eigenvalue weighted by Crippen LogP contribution is 2.40. The van der Waals surface area contributed by atoms with Crippen LogP contribution in [0.3, 0.4) is 0 Å². The van der Waals surface area contributed by atoms with Crippen LogP contribution in [-0.4, -0.2) is 15.0 Å². The zero-order valence-corrected chi connectivity index (χ0v) is 25.5. The van der Waals surface area contributed by atoms with E-state index in [1.165, 1.54) is 128 Å². The third-order valence-electron chi connectivity index (χ3n) is 8.64. The number of fused-ring (bicyclic) bond motifs is 1. The molecule has 0 saturated carbocycles. The topological polar surface area (TPSA) is 38.7 Å².